The number of rotatable bonds is 1. The van der Waals surface area contributed by atoms with Crippen molar-refractivity contribution in [2.24, 2.45) is 0 Å². The number of aromatic hydroxyl groups is 1. The summed E-state index contributed by atoms with van der Waals surface area (Å²) < 4.78 is 38.6. The zero-order valence-corrected chi connectivity index (χ0v) is 9.76. The van der Waals surface area contributed by atoms with Crippen LogP contribution in [-0.2, 0) is 6.18 Å². The van der Waals surface area contributed by atoms with E-state index in [0.717, 1.165) is 6.07 Å². The van der Waals surface area contributed by atoms with Crippen molar-refractivity contribution >= 4 is 11.6 Å². The van der Waals surface area contributed by atoms with Crippen molar-refractivity contribution in [1.82, 2.24) is 0 Å². The highest BCUT2D eigenvalue weighted by Crippen LogP contribution is 2.41. The third-order valence-corrected chi connectivity index (χ3v) is 2.90. The van der Waals surface area contributed by atoms with Crippen LogP contribution in [0.3, 0.4) is 0 Å². The zero-order chi connectivity index (χ0) is 13.3. The van der Waals surface area contributed by atoms with E-state index in [2.05, 4.69) is 0 Å². The molecule has 0 radical (unpaired) electrons. The lowest BCUT2D eigenvalue weighted by molar-refractivity contribution is -0.137. The predicted molar refractivity (Wildman–Crippen MR) is 63.6 cm³/mol. The molecule has 0 bridgehead atoms. The number of halogens is 4. The maximum absolute atomic E-state index is 12.9. The third-order valence-electron chi connectivity index (χ3n) is 2.50. The highest BCUT2D eigenvalue weighted by atomic mass is 35.5. The standard InChI is InChI=1S/C13H8ClF3O/c14-12-9(5-3-7-11(12)18)8-4-1-2-6-10(8)13(15,16)17/h1-7,18H. The first-order valence-corrected chi connectivity index (χ1v) is 5.43. The maximum Gasteiger partial charge on any atom is 0.417 e. The summed E-state index contributed by atoms with van der Waals surface area (Å²) in [4.78, 5) is 0. The van der Waals surface area contributed by atoms with Crippen LogP contribution in [0.4, 0.5) is 13.2 Å². The Morgan fingerprint density at radius 1 is 0.889 bits per heavy atom. The van der Waals surface area contributed by atoms with E-state index in [1.54, 1.807) is 0 Å². The number of hydrogen-bond donors (Lipinski definition) is 1. The summed E-state index contributed by atoms with van der Waals surface area (Å²) in [6, 6.07) is 9.31. The maximum atomic E-state index is 12.9. The number of phenols is 1. The van der Waals surface area contributed by atoms with Gasteiger partial charge in [0.05, 0.1) is 10.6 Å². The third kappa shape index (κ3) is 2.29. The molecule has 5 heteroatoms. The van der Waals surface area contributed by atoms with E-state index >= 15 is 0 Å². The van der Waals surface area contributed by atoms with Crippen molar-refractivity contribution in [3.63, 3.8) is 0 Å². The van der Waals surface area contributed by atoms with E-state index in [1.807, 2.05) is 0 Å². The predicted octanol–water partition coefficient (Wildman–Crippen LogP) is 4.73. The van der Waals surface area contributed by atoms with Gasteiger partial charge in [-0.15, -0.1) is 0 Å². The first-order chi connectivity index (χ1) is 8.41. The summed E-state index contributed by atoms with van der Waals surface area (Å²) in [6.07, 6.45) is -4.47. The fourth-order valence-electron chi connectivity index (χ4n) is 1.69. The molecule has 0 fully saturated rings. The average Bonchev–Trinajstić information content (AvgIpc) is 2.32. The molecule has 0 saturated heterocycles. The SMILES string of the molecule is Oc1cccc(-c2ccccc2C(F)(F)F)c1Cl. The Kier molecular flexibility index (Phi) is 3.22. The molecular formula is C13H8ClF3O. The van der Waals surface area contributed by atoms with Crippen molar-refractivity contribution in [1.29, 1.82) is 0 Å². The summed E-state index contributed by atoms with van der Waals surface area (Å²) in [6.45, 7) is 0. The summed E-state index contributed by atoms with van der Waals surface area (Å²) in [5.41, 5.74) is -0.673. The van der Waals surface area contributed by atoms with Crippen molar-refractivity contribution in [2.45, 2.75) is 6.18 Å². The Hall–Kier alpha value is -1.68. The van der Waals surface area contributed by atoms with Gasteiger partial charge in [-0.25, -0.2) is 0 Å². The molecule has 0 saturated carbocycles. The van der Waals surface area contributed by atoms with E-state index < -0.39 is 11.7 Å². The molecule has 0 aromatic heterocycles. The minimum atomic E-state index is -4.47. The molecule has 2 rings (SSSR count). The first kappa shape index (κ1) is 12.8. The molecule has 0 unspecified atom stereocenters. The number of phenolic OH excluding ortho intramolecular Hbond substituents is 1. The Morgan fingerprint density at radius 3 is 2.17 bits per heavy atom. The molecule has 18 heavy (non-hydrogen) atoms. The Balaban J connectivity index is 2.69. The summed E-state index contributed by atoms with van der Waals surface area (Å²) in [5.74, 6) is -0.244. The van der Waals surface area contributed by atoms with Crippen LogP contribution < -0.4 is 0 Å². The first-order valence-electron chi connectivity index (χ1n) is 5.05. The smallest absolute Gasteiger partial charge is 0.417 e. The molecule has 94 valence electrons. The van der Waals surface area contributed by atoms with Gasteiger partial charge < -0.3 is 5.11 Å². The lowest BCUT2D eigenvalue weighted by Gasteiger charge is -2.14. The molecule has 1 nitrogen and oxygen atoms in total. The summed E-state index contributed by atoms with van der Waals surface area (Å²) >= 11 is 5.83. The van der Waals surface area contributed by atoms with Crippen molar-refractivity contribution < 1.29 is 18.3 Å². The van der Waals surface area contributed by atoms with Crippen molar-refractivity contribution in [2.75, 3.05) is 0 Å². The van der Waals surface area contributed by atoms with Gasteiger partial charge >= 0.3 is 6.18 Å². The molecule has 0 aliphatic rings. The lowest BCUT2D eigenvalue weighted by Crippen LogP contribution is -2.06. The number of benzene rings is 2. The average molecular weight is 273 g/mol. The van der Waals surface area contributed by atoms with Crippen LogP contribution in [0.25, 0.3) is 11.1 Å². The van der Waals surface area contributed by atoms with Crippen molar-refractivity contribution in [3.8, 4) is 16.9 Å². The van der Waals surface area contributed by atoms with Gasteiger partial charge in [0.15, 0.2) is 0 Å². The Bertz CT molecular complexity index is 579. The zero-order valence-electron chi connectivity index (χ0n) is 9.00. The monoisotopic (exact) mass is 272 g/mol. The second-order valence-corrected chi connectivity index (χ2v) is 4.06. The van der Waals surface area contributed by atoms with E-state index in [0.29, 0.717) is 0 Å². The van der Waals surface area contributed by atoms with Gasteiger partial charge in [-0.3, -0.25) is 0 Å². The molecule has 0 spiro atoms. The second kappa shape index (κ2) is 4.53. The molecule has 2 aromatic carbocycles. The van der Waals surface area contributed by atoms with E-state index in [-0.39, 0.29) is 21.9 Å². The molecule has 1 N–H and O–H groups in total. The summed E-state index contributed by atoms with van der Waals surface area (Å²) in [5, 5.41) is 9.35. The molecule has 0 atom stereocenters. The number of hydrogen-bond acceptors (Lipinski definition) is 1. The fourth-order valence-corrected chi connectivity index (χ4v) is 1.92. The van der Waals surface area contributed by atoms with Gasteiger partial charge in [-0.1, -0.05) is 41.9 Å². The highest BCUT2D eigenvalue weighted by molar-refractivity contribution is 6.34. The van der Waals surface area contributed by atoms with Gasteiger partial charge in [0.25, 0.3) is 0 Å². The lowest BCUT2D eigenvalue weighted by atomic mass is 9.99. The van der Waals surface area contributed by atoms with Gasteiger partial charge in [0, 0.05) is 5.56 Å². The molecule has 0 aliphatic heterocycles. The second-order valence-electron chi connectivity index (χ2n) is 3.68. The van der Waals surface area contributed by atoms with Gasteiger partial charge in [0.2, 0.25) is 0 Å². The van der Waals surface area contributed by atoms with Gasteiger partial charge in [-0.05, 0) is 17.7 Å². The molecule has 0 heterocycles. The van der Waals surface area contributed by atoms with Crippen LogP contribution >= 0.6 is 11.6 Å². The van der Waals surface area contributed by atoms with Gasteiger partial charge in [-0.2, -0.15) is 13.2 Å². The van der Waals surface area contributed by atoms with Crippen LogP contribution in [0.15, 0.2) is 42.5 Å². The molecule has 2 aromatic rings. The van der Waals surface area contributed by atoms with Crippen LogP contribution in [-0.4, -0.2) is 5.11 Å². The molecular weight excluding hydrogens is 265 g/mol. The Morgan fingerprint density at radius 2 is 1.50 bits per heavy atom. The minimum Gasteiger partial charge on any atom is -0.506 e. The molecule has 0 aliphatic carbocycles. The number of alkyl halides is 3. The van der Waals surface area contributed by atoms with E-state index in [1.165, 1.54) is 36.4 Å². The van der Waals surface area contributed by atoms with Crippen LogP contribution in [0.5, 0.6) is 5.75 Å². The van der Waals surface area contributed by atoms with Crippen LogP contribution in [0, 0.1) is 0 Å². The topological polar surface area (TPSA) is 20.2 Å². The minimum absolute atomic E-state index is 0.0501. The quantitative estimate of drug-likeness (QED) is 0.795. The fraction of sp³-hybridized carbons (Fsp3) is 0.0769. The van der Waals surface area contributed by atoms with Crippen LogP contribution in [0.1, 0.15) is 5.56 Å². The summed E-state index contributed by atoms with van der Waals surface area (Å²) in [7, 11) is 0. The normalized spacial score (nSPS) is 11.6. The molecule has 0 amide bonds. The van der Waals surface area contributed by atoms with Crippen LogP contribution in [0.2, 0.25) is 5.02 Å². The van der Waals surface area contributed by atoms with E-state index in [4.69, 9.17) is 11.6 Å². The largest absolute Gasteiger partial charge is 0.506 e. The van der Waals surface area contributed by atoms with E-state index in [9.17, 15) is 18.3 Å². The highest BCUT2D eigenvalue weighted by Gasteiger charge is 2.33. The van der Waals surface area contributed by atoms with Gasteiger partial charge in [0.1, 0.15) is 5.75 Å². The Labute approximate surface area is 106 Å². The van der Waals surface area contributed by atoms with Crippen molar-refractivity contribution in [3.05, 3.63) is 53.1 Å².